The highest BCUT2D eigenvalue weighted by molar-refractivity contribution is 5.47. The van der Waals surface area contributed by atoms with Crippen molar-refractivity contribution in [2.24, 2.45) is 0 Å². The first kappa shape index (κ1) is 14.5. The van der Waals surface area contributed by atoms with E-state index in [1.807, 2.05) is 26.0 Å². The zero-order chi connectivity index (χ0) is 14.9. The standard InChI is InChI=1S/C17H19FO2/c1-11-9-16(20-4)12(2)8-15(11)17(3,19)13-6-5-7-14(18)10-13/h5-10,19H,1-4H3. The van der Waals surface area contributed by atoms with Crippen LogP contribution in [0, 0.1) is 19.7 Å². The molecule has 0 aliphatic rings. The molecule has 0 fully saturated rings. The van der Waals surface area contributed by atoms with Gasteiger partial charge >= 0.3 is 0 Å². The van der Waals surface area contributed by atoms with Gasteiger partial charge in [-0.2, -0.15) is 0 Å². The minimum absolute atomic E-state index is 0.356. The summed E-state index contributed by atoms with van der Waals surface area (Å²) in [6.07, 6.45) is 0. The van der Waals surface area contributed by atoms with Crippen molar-refractivity contribution < 1.29 is 14.2 Å². The van der Waals surface area contributed by atoms with Crippen molar-refractivity contribution in [3.63, 3.8) is 0 Å². The smallest absolute Gasteiger partial charge is 0.123 e. The van der Waals surface area contributed by atoms with Crippen molar-refractivity contribution >= 4 is 0 Å². The molecule has 0 spiro atoms. The van der Waals surface area contributed by atoms with E-state index in [1.165, 1.54) is 12.1 Å². The molecule has 20 heavy (non-hydrogen) atoms. The average molecular weight is 274 g/mol. The van der Waals surface area contributed by atoms with Gasteiger partial charge in [-0.15, -0.1) is 0 Å². The highest BCUT2D eigenvalue weighted by Crippen LogP contribution is 2.34. The number of hydrogen-bond acceptors (Lipinski definition) is 2. The van der Waals surface area contributed by atoms with Gasteiger partial charge in [0.2, 0.25) is 0 Å². The monoisotopic (exact) mass is 274 g/mol. The van der Waals surface area contributed by atoms with Gasteiger partial charge < -0.3 is 9.84 Å². The molecule has 2 nitrogen and oxygen atoms in total. The van der Waals surface area contributed by atoms with Gasteiger partial charge in [-0.1, -0.05) is 12.1 Å². The maximum absolute atomic E-state index is 13.4. The highest BCUT2D eigenvalue weighted by atomic mass is 19.1. The molecular weight excluding hydrogens is 255 g/mol. The zero-order valence-electron chi connectivity index (χ0n) is 12.2. The molecule has 106 valence electrons. The summed E-state index contributed by atoms with van der Waals surface area (Å²) in [4.78, 5) is 0. The number of hydrogen-bond donors (Lipinski definition) is 1. The van der Waals surface area contributed by atoms with Crippen LogP contribution < -0.4 is 4.74 Å². The van der Waals surface area contributed by atoms with Crippen LogP contribution in [-0.2, 0) is 5.60 Å². The minimum atomic E-state index is -1.25. The van der Waals surface area contributed by atoms with E-state index in [2.05, 4.69) is 0 Å². The summed E-state index contributed by atoms with van der Waals surface area (Å²) >= 11 is 0. The Hall–Kier alpha value is -1.87. The van der Waals surface area contributed by atoms with Crippen molar-refractivity contribution in [3.05, 3.63) is 64.5 Å². The largest absolute Gasteiger partial charge is 0.496 e. The molecule has 0 amide bonds. The number of aryl methyl sites for hydroxylation is 2. The van der Waals surface area contributed by atoms with E-state index in [9.17, 15) is 9.50 Å². The molecule has 3 heteroatoms. The first-order valence-electron chi connectivity index (χ1n) is 6.50. The molecule has 0 heterocycles. The van der Waals surface area contributed by atoms with Crippen LogP contribution in [-0.4, -0.2) is 12.2 Å². The molecule has 0 aliphatic heterocycles. The first-order valence-corrected chi connectivity index (χ1v) is 6.50. The topological polar surface area (TPSA) is 29.5 Å². The van der Waals surface area contributed by atoms with E-state index in [0.717, 1.165) is 22.4 Å². The van der Waals surface area contributed by atoms with Crippen molar-refractivity contribution in [3.8, 4) is 5.75 Å². The summed E-state index contributed by atoms with van der Waals surface area (Å²) < 4.78 is 18.7. The summed E-state index contributed by atoms with van der Waals surface area (Å²) in [5.41, 5.74) is 1.88. The van der Waals surface area contributed by atoms with Gasteiger partial charge in [-0.3, -0.25) is 0 Å². The molecule has 1 N–H and O–H groups in total. The summed E-state index contributed by atoms with van der Waals surface area (Å²) in [6.45, 7) is 5.50. The van der Waals surface area contributed by atoms with Gasteiger partial charge in [0, 0.05) is 0 Å². The van der Waals surface area contributed by atoms with Gasteiger partial charge in [-0.25, -0.2) is 4.39 Å². The van der Waals surface area contributed by atoms with Gasteiger partial charge in [0.05, 0.1) is 7.11 Å². The lowest BCUT2D eigenvalue weighted by Gasteiger charge is -2.27. The number of benzene rings is 2. The van der Waals surface area contributed by atoms with Crippen LogP contribution in [0.1, 0.15) is 29.2 Å². The second kappa shape index (κ2) is 5.25. The summed E-state index contributed by atoms with van der Waals surface area (Å²) in [5.74, 6) is 0.423. The predicted molar refractivity (Wildman–Crippen MR) is 77.5 cm³/mol. The second-order valence-corrected chi connectivity index (χ2v) is 5.22. The molecule has 1 atom stereocenters. The van der Waals surface area contributed by atoms with E-state index in [4.69, 9.17) is 4.74 Å². The maximum atomic E-state index is 13.4. The Balaban J connectivity index is 2.57. The summed E-state index contributed by atoms with van der Waals surface area (Å²) in [7, 11) is 1.62. The Labute approximate surface area is 118 Å². The average Bonchev–Trinajstić information content (AvgIpc) is 2.40. The molecule has 0 saturated carbocycles. The quantitative estimate of drug-likeness (QED) is 0.924. The lowest BCUT2D eigenvalue weighted by molar-refractivity contribution is 0.101. The summed E-state index contributed by atoms with van der Waals surface area (Å²) in [5, 5.41) is 10.8. The number of halogens is 1. The fourth-order valence-corrected chi connectivity index (χ4v) is 2.48. The Morgan fingerprint density at radius 3 is 2.40 bits per heavy atom. The normalized spacial score (nSPS) is 13.9. The molecule has 2 aromatic carbocycles. The van der Waals surface area contributed by atoms with Crippen LogP contribution in [0.4, 0.5) is 4.39 Å². The van der Waals surface area contributed by atoms with E-state index in [-0.39, 0.29) is 5.82 Å². The summed E-state index contributed by atoms with van der Waals surface area (Å²) in [6, 6.07) is 9.83. The van der Waals surface area contributed by atoms with Crippen molar-refractivity contribution in [2.75, 3.05) is 7.11 Å². The highest BCUT2D eigenvalue weighted by Gasteiger charge is 2.28. The number of aliphatic hydroxyl groups is 1. The first-order chi connectivity index (χ1) is 9.36. The van der Waals surface area contributed by atoms with Gasteiger partial charge in [0.25, 0.3) is 0 Å². The van der Waals surface area contributed by atoms with E-state index in [1.54, 1.807) is 26.2 Å². The van der Waals surface area contributed by atoms with Crippen LogP contribution in [0.3, 0.4) is 0 Å². The van der Waals surface area contributed by atoms with Crippen LogP contribution in [0.15, 0.2) is 36.4 Å². The fraction of sp³-hybridized carbons (Fsp3) is 0.294. The van der Waals surface area contributed by atoms with E-state index in [0.29, 0.717) is 5.56 Å². The molecule has 1 unspecified atom stereocenters. The van der Waals surface area contributed by atoms with Gasteiger partial charge in [-0.05, 0) is 67.3 Å². The minimum Gasteiger partial charge on any atom is -0.496 e. The fourth-order valence-electron chi connectivity index (χ4n) is 2.48. The van der Waals surface area contributed by atoms with Gasteiger partial charge in [0.1, 0.15) is 17.2 Å². The number of ether oxygens (including phenoxy) is 1. The SMILES string of the molecule is COc1cc(C)c(C(C)(O)c2cccc(F)c2)cc1C. The third-order valence-electron chi connectivity index (χ3n) is 3.65. The molecule has 0 aliphatic carbocycles. The third kappa shape index (κ3) is 2.54. The molecule has 2 rings (SSSR count). The lowest BCUT2D eigenvalue weighted by Crippen LogP contribution is -2.24. The third-order valence-corrected chi connectivity index (χ3v) is 3.65. The Kier molecular flexibility index (Phi) is 3.82. The molecule has 0 bridgehead atoms. The van der Waals surface area contributed by atoms with Crippen molar-refractivity contribution in [1.82, 2.24) is 0 Å². The van der Waals surface area contributed by atoms with Crippen LogP contribution in [0.25, 0.3) is 0 Å². The molecule has 0 saturated heterocycles. The van der Waals surface area contributed by atoms with Crippen LogP contribution >= 0.6 is 0 Å². The molecule has 2 aromatic rings. The zero-order valence-corrected chi connectivity index (χ0v) is 12.2. The Bertz CT molecular complexity index is 633. The van der Waals surface area contributed by atoms with E-state index < -0.39 is 5.60 Å². The Morgan fingerprint density at radius 1 is 1.10 bits per heavy atom. The maximum Gasteiger partial charge on any atom is 0.123 e. The molecular formula is C17H19FO2. The molecule has 0 radical (unpaired) electrons. The van der Waals surface area contributed by atoms with E-state index >= 15 is 0 Å². The van der Waals surface area contributed by atoms with Crippen molar-refractivity contribution in [1.29, 1.82) is 0 Å². The van der Waals surface area contributed by atoms with Crippen LogP contribution in [0.2, 0.25) is 0 Å². The van der Waals surface area contributed by atoms with Crippen molar-refractivity contribution in [2.45, 2.75) is 26.4 Å². The number of methoxy groups -OCH3 is 1. The Morgan fingerprint density at radius 2 is 1.80 bits per heavy atom. The van der Waals surface area contributed by atoms with Gasteiger partial charge in [0.15, 0.2) is 0 Å². The lowest BCUT2D eigenvalue weighted by atomic mass is 9.84. The second-order valence-electron chi connectivity index (χ2n) is 5.22. The predicted octanol–water partition coefficient (Wildman–Crippen LogP) is 3.71. The van der Waals surface area contributed by atoms with Crippen LogP contribution in [0.5, 0.6) is 5.75 Å². The number of rotatable bonds is 3. The molecule has 0 aromatic heterocycles.